The number of imidazole rings is 1. The quantitative estimate of drug-likeness (QED) is 0.381. The lowest BCUT2D eigenvalue weighted by molar-refractivity contribution is 0.0550. The minimum atomic E-state index is -3.46. The van der Waals surface area contributed by atoms with Crippen LogP contribution in [-0.4, -0.2) is 46.6 Å². The zero-order valence-electron chi connectivity index (χ0n) is 14.6. The number of pyridine rings is 1. The van der Waals surface area contributed by atoms with E-state index in [1.807, 2.05) is 6.07 Å². The Morgan fingerprint density at radius 3 is 3.07 bits per heavy atom. The summed E-state index contributed by atoms with van der Waals surface area (Å²) in [5, 5.41) is 0. The Balaban J connectivity index is 1.60. The SMILES string of the molecule is O=[P+]1OCc2nc3cccnc3n2CCOP(=O)(SS)OCC2CC(CO2)O1. The van der Waals surface area contributed by atoms with E-state index >= 15 is 0 Å². The fraction of sp³-hybridized carbons (Fsp3) is 0.571. The third-order valence-corrected chi connectivity index (χ3v) is 9.25. The molecule has 0 aliphatic carbocycles. The van der Waals surface area contributed by atoms with Crippen LogP contribution in [0.2, 0.25) is 0 Å². The van der Waals surface area contributed by atoms with Gasteiger partial charge in [-0.05, 0) is 12.1 Å². The second-order valence-electron chi connectivity index (χ2n) is 6.10. The molecule has 4 rings (SSSR count). The first kappa shape index (κ1) is 20.7. The molecule has 2 aromatic heterocycles. The molecular weight excluding hydrogens is 448 g/mol. The molecule has 2 aromatic rings. The van der Waals surface area contributed by atoms with Crippen LogP contribution in [0.1, 0.15) is 12.2 Å². The topological polar surface area (TPSA) is 111 Å². The summed E-state index contributed by atoms with van der Waals surface area (Å²) in [6.45, 7) is -2.80. The molecule has 0 N–H and O–H groups in total. The highest BCUT2D eigenvalue weighted by Gasteiger charge is 2.37. The minimum Gasteiger partial charge on any atom is -0.373 e. The number of thiol groups is 1. The summed E-state index contributed by atoms with van der Waals surface area (Å²) in [6.07, 6.45) is 1.36. The molecule has 2 aliphatic rings. The van der Waals surface area contributed by atoms with Gasteiger partial charge in [0.1, 0.15) is 17.4 Å². The molecule has 14 heteroatoms. The second kappa shape index (κ2) is 9.07. The Bertz CT molecular complexity index is 914. The van der Waals surface area contributed by atoms with Crippen LogP contribution < -0.4 is 0 Å². The van der Waals surface area contributed by atoms with Crippen LogP contribution in [0.4, 0.5) is 0 Å². The smallest absolute Gasteiger partial charge is 0.373 e. The highest BCUT2D eigenvalue weighted by atomic mass is 33.3. The lowest BCUT2D eigenvalue weighted by Crippen LogP contribution is -2.15. The zero-order chi connectivity index (χ0) is 19.6. The standard InChI is InChI=1S/C14H17N3O7P2S2/c18-25-21-9-13-16-12-2-1-3-15-14(12)17(13)4-5-22-26(19,28-27)23-8-10-6-11(24-25)7-20-10/h1-3,10-11H,4-9H2/p+1. The van der Waals surface area contributed by atoms with Crippen molar-refractivity contribution in [3.05, 3.63) is 24.2 Å². The minimum absolute atomic E-state index is 0.0297. The van der Waals surface area contributed by atoms with Crippen molar-refractivity contribution in [2.24, 2.45) is 0 Å². The van der Waals surface area contributed by atoms with Crippen molar-refractivity contribution in [2.75, 3.05) is 19.8 Å². The molecule has 4 unspecified atom stereocenters. The van der Waals surface area contributed by atoms with Gasteiger partial charge in [0.2, 0.25) is 0 Å². The van der Waals surface area contributed by atoms with Crippen molar-refractivity contribution in [2.45, 2.75) is 31.8 Å². The maximum atomic E-state index is 12.7. The molecule has 0 amide bonds. The fourth-order valence-electron chi connectivity index (χ4n) is 2.98. The van der Waals surface area contributed by atoms with Crippen LogP contribution in [0.5, 0.6) is 0 Å². The van der Waals surface area contributed by atoms with Gasteiger partial charge in [0.15, 0.2) is 12.3 Å². The van der Waals surface area contributed by atoms with E-state index in [1.165, 1.54) is 0 Å². The lowest BCUT2D eigenvalue weighted by atomic mass is 10.2. The average Bonchev–Trinajstić information content (AvgIpc) is 3.28. The normalized spacial score (nSPS) is 31.2. The van der Waals surface area contributed by atoms with Gasteiger partial charge in [-0.15, -0.1) is 9.05 Å². The summed E-state index contributed by atoms with van der Waals surface area (Å²) in [7, 11) is -1.62. The van der Waals surface area contributed by atoms with E-state index in [1.54, 1.807) is 16.8 Å². The molecular formula is C14H18N3O7P2S2+. The highest BCUT2D eigenvalue weighted by Crippen LogP contribution is 2.62. The van der Waals surface area contributed by atoms with Crippen molar-refractivity contribution in [1.82, 2.24) is 14.5 Å². The second-order valence-corrected chi connectivity index (χ2v) is 11.9. The molecule has 28 heavy (non-hydrogen) atoms. The number of hydrogen-bond acceptors (Lipinski definition) is 11. The van der Waals surface area contributed by atoms with Crippen LogP contribution in [0, 0.1) is 0 Å². The molecule has 4 atom stereocenters. The van der Waals surface area contributed by atoms with Crippen LogP contribution >= 0.6 is 37.1 Å². The molecule has 0 radical (unpaired) electrons. The van der Waals surface area contributed by atoms with Crippen LogP contribution in [0.25, 0.3) is 11.2 Å². The molecule has 152 valence electrons. The summed E-state index contributed by atoms with van der Waals surface area (Å²) in [4.78, 5) is 8.80. The number of ether oxygens (including phenoxy) is 1. The maximum Gasteiger partial charge on any atom is 0.698 e. The first-order chi connectivity index (χ1) is 13.6. The van der Waals surface area contributed by atoms with Gasteiger partial charge >= 0.3 is 15.1 Å². The van der Waals surface area contributed by atoms with Crippen LogP contribution in [-0.2, 0) is 45.1 Å². The van der Waals surface area contributed by atoms with E-state index in [4.69, 9.17) is 22.8 Å². The van der Waals surface area contributed by atoms with Gasteiger partial charge in [0.25, 0.3) is 0 Å². The molecule has 4 heterocycles. The first-order valence-corrected chi connectivity index (χ1v) is 13.6. The molecule has 2 aliphatic heterocycles. The van der Waals surface area contributed by atoms with Crippen molar-refractivity contribution < 1.29 is 32.0 Å². The van der Waals surface area contributed by atoms with Gasteiger partial charge in [-0.3, -0.25) is 9.05 Å². The molecule has 0 spiro atoms. The van der Waals surface area contributed by atoms with Gasteiger partial charge < -0.3 is 9.30 Å². The summed E-state index contributed by atoms with van der Waals surface area (Å²) in [5.41, 5.74) is 1.28. The molecule has 1 saturated heterocycles. The first-order valence-electron chi connectivity index (χ1n) is 8.47. The number of nitrogens with zero attached hydrogens (tertiary/aromatic N) is 3. The maximum absolute atomic E-state index is 12.7. The zero-order valence-corrected chi connectivity index (χ0v) is 18.1. The molecule has 2 bridgehead atoms. The summed E-state index contributed by atoms with van der Waals surface area (Å²) >= 11 is 4.03. The van der Waals surface area contributed by atoms with E-state index in [-0.39, 0.29) is 32.5 Å². The van der Waals surface area contributed by atoms with E-state index in [0.29, 0.717) is 30.0 Å². The van der Waals surface area contributed by atoms with E-state index < -0.39 is 21.2 Å². The number of hydrogen-bond donors (Lipinski definition) is 1. The predicted octanol–water partition coefficient (Wildman–Crippen LogP) is 3.51. The number of aromatic nitrogens is 3. The van der Waals surface area contributed by atoms with Gasteiger partial charge in [-0.1, -0.05) is 11.7 Å². The Hall–Kier alpha value is -0.550. The van der Waals surface area contributed by atoms with Gasteiger partial charge in [-0.25, -0.2) is 14.5 Å². The molecule has 0 saturated carbocycles. The Labute approximate surface area is 170 Å². The van der Waals surface area contributed by atoms with Gasteiger partial charge in [0, 0.05) is 34.1 Å². The highest BCUT2D eigenvalue weighted by molar-refractivity contribution is 8.93. The monoisotopic (exact) mass is 466 g/mol. The van der Waals surface area contributed by atoms with Crippen LogP contribution in [0.15, 0.2) is 18.3 Å². The molecule has 10 nitrogen and oxygen atoms in total. The van der Waals surface area contributed by atoms with E-state index in [2.05, 4.69) is 21.6 Å². The number of rotatable bonds is 1. The summed E-state index contributed by atoms with van der Waals surface area (Å²) < 4.78 is 54.0. The van der Waals surface area contributed by atoms with Crippen molar-refractivity contribution in [3.63, 3.8) is 0 Å². The predicted molar refractivity (Wildman–Crippen MR) is 105 cm³/mol. The Morgan fingerprint density at radius 2 is 2.21 bits per heavy atom. The van der Waals surface area contributed by atoms with Gasteiger partial charge in [0.05, 0.1) is 25.9 Å². The van der Waals surface area contributed by atoms with E-state index in [9.17, 15) is 9.13 Å². The average molecular weight is 466 g/mol. The third kappa shape index (κ3) is 4.77. The van der Waals surface area contributed by atoms with Crippen LogP contribution in [0.3, 0.4) is 0 Å². The summed E-state index contributed by atoms with van der Waals surface area (Å²) in [6, 6.07) is 3.58. The number of fused-ring (bicyclic) bond motifs is 5. The van der Waals surface area contributed by atoms with Crippen molar-refractivity contribution >= 4 is 48.3 Å². The Kier molecular flexibility index (Phi) is 6.71. The Morgan fingerprint density at radius 1 is 1.32 bits per heavy atom. The van der Waals surface area contributed by atoms with Crippen molar-refractivity contribution in [1.29, 1.82) is 0 Å². The third-order valence-electron chi connectivity index (χ3n) is 4.24. The molecule has 0 aromatic carbocycles. The van der Waals surface area contributed by atoms with Gasteiger partial charge in [-0.2, -0.15) is 0 Å². The largest absolute Gasteiger partial charge is 0.698 e. The summed E-state index contributed by atoms with van der Waals surface area (Å²) in [5.74, 6) is 0.508. The lowest BCUT2D eigenvalue weighted by Gasteiger charge is -2.18. The van der Waals surface area contributed by atoms with E-state index in [0.717, 1.165) is 10.4 Å². The molecule has 1 fully saturated rings. The fourth-order valence-corrected chi connectivity index (χ4v) is 6.01. The van der Waals surface area contributed by atoms with Crippen molar-refractivity contribution in [3.8, 4) is 0 Å².